The predicted molar refractivity (Wildman–Crippen MR) is 73.9 cm³/mol. The number of nitrogens with zero attached hydrogens (tertiary/aromatic N) is 2. The topological polar surface area (TPSA) is 71.2 Å². The van der Waals surface area contributed by atoms with Crippen molar-refractivity contribution in [2.45, 2.75) is 25.8 Å². The molecule has 0 aromatic carbocycles. The van der Waals surface area contributed by atoms with Gasteiger partial charge in [0.1, 0.15) is 5.69 Å². The molecule has 1 saturated heterocycles. The monoisotopic (exact) mass is 268 g/mol. The van der Waals surface area contributed by atoms with E-state index in [-0.39, 0.29) is 11.9 Å². The number of aromatic nitrogens is 1. The van der Waals surface area contributed by atoms with Crippen LogP contribution in [-0.4, -0.2) is 42.0 Å². The molecule has 1 aliphatic heterocycles. The number of anilines is 1. The minimum atomic E-state index is 0.00167. The molecule has 5 nitrogen and oxygen atoms in total. The smallest absolute Gasteiger partial charge is 0.273 e. The van der Waals surface area contributed by atoms with Crippen molar-refractivity contribution >= 4 is 22.4 Å². The first kappa shape index (κ1) is 13.3. The van der Waals surface area contributed by atoms with Gasteiger partial charge in [0, 0.05) is 31.6 Å². The summed E-state index contributed by atoms with van der Waals surface area (Å²) >= 11 is 1.45. The Hall–Kier alpha value is -1.14. The number of hydrogen-bond acceptors (Lipinski definition) is 5. The van der Waals surface area contributed by atoms with Crippen LogP contribution in [0, 0.1) is 5.92 Å². The highest BCUT2D eigenvalue weighted by Crippen LogP contribution is 2.23. The minimum absolute atomic E-state index is 0.00167. The number of rotatable bonds is 4. The van der Waals surface area contributed by atoms with E-state index < -0.39 is 0 Å². The van der Waals surface area contributed by atoms with Crippen molar-refractivity contribution in [3.63, 3.8) is 0 Å². The average Bonchev–Trinajstić information content (AvgIpc) is 2.96. The quantitative estimate of drug-likeness (QED) is 0.865. The van der Waals surface area contributed by atoms with Crippen LogP contribution in [0.25, 0.3) is 0 Å². The third-order valence-corrected chi connectivity index (χ3v) is 4.24. The van der Waals surface area contributed by atoms with Crippen LogP contribution >= 0.6 is 11.3 Å². The van der Waals surface area contributed by atoms with E-state index in [9.17, 15) is 4.79 Å². The summed E-state index contributed by atoms with van der Waals surface area (Å²) in [6, 6.07) is 0.108. The summed E-state index contributed by atoms with van der Waals surface area (Å²) < 4.78 is 0. The molecule has 0 saturated carbocycles. The van der Waals surface area contributed by atoms with Crippen molar-refractivity contribution in [1.82, 2.24) is 9.88 Å². The second kappa shape index (κ2) is 5.67. The van der Waals surface area contributed by atoms with E-state index in [0.29, 0.717) is 18.2 Å². The largest absolute Gasteiger partial charge is 0.365 e. The Morgan fingerprint density at radius 3 is 3.06 bits per heavy atom. The van der Waals surface area contributed by atoms with Crippen LogP contribution in [0.2, 0.25) is 0 Å². The zero-order valence-corrected chi connectivity index (χ0v) is 11.7. The number of hydrogen-bond donors (Lipinski definition) is 2. The summed E-state index contributed by atoms with van der Waals surface area (Å²) in [4.78, 5) is 18.3. The fourth-order valence-corrected chi connectivity index (χ4v) is 3.03. The Morgan fingerprint density at radius 1 is 1.67 bits per heavy atom. The van der Waals surface area contributed by atoms with Gasteiger partial charge in [0.05, 0.1) is 0 Å². The zero-order valence-electron chi connectivity index (χ0n) is 10.8. The van der Waals surface area contributed by atoms with Crippen LogP contribution in [0.5, 0.6) is 0 Å². The molecule has 2 heterocycles. The van der Waals surface area contributed by atoms with Gasteiger partial charge in [-0.25, -0.2) is 4.98 Å². The lowest BCUT2D eigenvalue weighted by Gasteiger charge is -2.14. The van der Waals surface area contributed by atoms with Gasteiger partial charge in [-0.3, -0.25) is 4.79 Å². The molecule has 100 valence electrons. The Morgan fingerprint density at radius 2 is 2.44 bits per heavy atom. The fourth-order valence-electron chi connectivity index (χ4n) is 2.39. The maximum absolute atomic E-state index is 12.3. The lowest BCUT2D eigenvalue weighted by molar-refractivity contribution is 0.0780. The third-order valence-electron chi connectivity index (χ3n) is 3.38. The highest BCUT2D eigenvalue weighted by molar-refractivity contribution is 7.13. The zero-order chi connectivity index (χ0) is 13.1. The number of amides is 1. The Labute approximate surface area is 111 Å². The van der Waals surface area contributed by atoms with E-state index in [4.69, 9.17) is 5.73 Å². The van der Waals surface area contributed by atoms with Crippen molar-refractivity contribution in [2.75, 3.05) is 25.5 Å². The van der Waals surface area contributed by atoms with E-state index in [0.717, 1.165) is 24.5 Å². The SMILES string of the molecule is CCC[C@@H]1CN(C(=O)c2csc(NC)n2)C[C@H]1N. The summed E-state index contributed by atoms with van der Waals surface area (Å²) in [6.45, 7) is 3.56. The van der Waals surface area contributed by atoms with E-state index in [1.54, 1.807) is 12.4 Å². The Balaban J connectivity index is 2.02. The van der Waals surface area contributed by atoms with Crippen LogP contribution < -0.4 is 11.1 Å². The molecule has 0 unspecified atom stereocenters. The van der Waals surface area contributed by atoms with Crippen molar-refractivity contribution in [3.8, 4) is 0 Å². The van der Waals surface area contributed by atoms with E-state index in [2.05, 4.69) is 17.2 Å². The van der Waals surface area contributed by atoms with Crippen molar-refractivity contribution < 1.29 is 4.79 Å². The lowest BCUT2D eigenvalue weighted by Crippen LogP contribution is -2.32. The van der Waals surface area contributed by atoms with Crippen LogP contribution in [0.4, 0.5) is 5.13 Å². The summed E-state index contributed by atoms with van der Waals surface area (Å²) in [5.74, 6) is 0.433. The van der Waals surface area contributed by atoms with Gasteiger partial charge in [-0.15, -0.1) is 11.3 Å². The summed E-state index contributed by atoms with van der Waals surface area (Å²) in [6.07, 6.45) is 2.20. The van der Waals surface area contributed by atoms with Gasteiger partial charge < -0.3 is 16.0 Å². The van der Waals surface area contributed by atoms with Crippen molar-refractivity contribution in [2.24, 2.45) is 11.7 Å². The standard InChI is InChI=1S/C12H20N4OS/c1-3-4-8-5-16(6-9(8)13)11(17)10-7-18-12(14-2)15-10/h7-9H,3-6,13H2,1-2H3,(H,14,15)/t8-,9-/m1/s1. The Kier molecular flexibility index (Phi) is 4.19. The number of likely N-dealkylation sites (tertiary alicyclic amines) is 1. The second-order valence-corrected chi connectivity index (χ2v) is 5.57. The molecule has 0 radical (unpaired) electrons. The van der Waals surface area contributed by atoms with E-state index in [1.165, 1.54) is 11.3 Å². The summed E-state index contributed by atoms with van der Waals surface area (Å²) in [5, 5.41) is 5.51. The Bertz CT molecular complexity index is 420. The van der Waals surface area contributed by atoms with Gasteiger partial charge in [0.15, 0.2) is 5.13 Å². The van der Waals surface area contributed by atoms with E-state index >= 15 is 0 Å². The highest BCUT2D eigenvalue weighted by atomic mass is 32.1. The van der Waals surface area contributed by atoms with Crippen molar-refractivity contribution in [1.29, 1.82) is 0 Å². The van der Waals surface area contributed by atoms with Gasteiger partial charge in [-0.05, 0) is 12.3 Å². The highest BCUT2D eigenvalue weighted by Gasteiger charge is 2.33. The first-order valence-corrected chi connectivity index (χ1v) is 7.21. The van der Waals surface area contributed by atoms with Crippen LogP contribution in [0.15, 0.2) is 5.38 Å². The lowest BCUT2D eigenvalue weighted by atomic mass is 9.99. The van der Waals surface area contributed by atoms with Crippen molar-refractivity contribution in [3.05, 3.63) is 11.1 Å². The average molecular weight is 268 g/mol. The minimum Gasteiger partial charge on any atom is -0.365 e. The summed E-state index contributed by atoms with van der Waals surface area (Å²) in [7, 11) is 1.80. The maximum Gasteiger partial charge on any atom is 0.273 e. The molecule has 2 atom stereocenters. The van der Waals surface area contributed by atoms with Gasteiger partial charge in [-0.1, -0.05) is 13.3 Å². The molecule has 0 bridgehead atoms. The number of nitrogens with one attached hydrogen (secondary N) is 1. The van der Waals surface area contributed by atoms with Crippen LogP contribution in [0.1, 0.15) is 30.3 Å². The van der Waals surface area contributed by atoms with Crippen LogP contribution in [-0.2, 0) is 0 Å². The molecule has 1 amide bonds. The first-order chi connectivity index (χ1) is 8.65. The van der Waals surface area contributed by atoms with Gasteiger partial charge in [-0.2, -0.15) is 0 Å². The number of thiazole rings is 1. The predicted octanol–water partition coefficient (Wildman–Crippen LogP) is 1.38. The number of nitrogens with two attached hydrogens (primary N) is 1. The molecule has 1 fully saturated rings. The third kappa shape index (κ3) is 2.64. The molecule has 2 rings (SSSR count). The molecule has 18 heavy (non-hydrogen) atoms. The molecule has 1 aromatic heterocycles. The normalized spacial score (nSPS) is 23.4. The van der Waals surface area contributed by atoms with Gasteiger partial charge in [0.25, 0.3) is 5.91 Å². The van der Waals surface area contributed by atoms with Crippen LogP contribution in [0.3, 0.4) is 0 Å². The molecular formula is C12H20N4OS. The maximum atomic E-state index is 12.3. The molecule has 1 aromatic rings. The molecule has 6 heteroatoms. The number of carbonyl (C=O) groups is 1. The second-order valence-electron chi connectivity index (χ2n) is 4.71. The first-order valence-electron chi connectivity index (χ1n) is 6.33. The number of carbonyl (C=O) groups excluding carboxylic acids is 1. The molecule has 3 N–H and O–H groups in total. The summed E-state index contributed by atoms with van der Waals surface area (Å²) in [5.41, 5.74) is 6.60. The van der Waals surface area contributed by atoms with E-state index in [1.807, 2.05) is 4.90 Å². The molecular weight excluding hydrogens is 248 g/mol. The van der Waals surface area contributed by atoms with Gasteiger partial charge in [0.2, 0.25) is 0 Å². The van der Waals surface area contributed by atoms with Gasteiger partial charge >= 0.3 is 0 Å². The fraction of sp³-hybridized carbons (Fsp3) is 0.667. The molecule has 1 aliphatic rings. The molecule has 0 aliphatic carbocycles. The molecule has 0 spiro atoms.